The Labute approximate surface area is 106 Å². The zero-order chi connectivity index (χ0) is 12.4. The third kappa shape index (κ3) is 2.71. The molecule has 2 aromatic carbocycles. The summed E-state index contributed by atoms with van der Waals surface area (Å²) < 4.78 is 13.7. The van der Waals surface area contributed by atoms with Crippen LogP contribution < -0.4 is 0 Å². The summed E-state index contributed by atoms with van der Waals surface area (Å²) >= 11 is 3.24. The van der Waals surface area contributed by atoms with Crippen molar-refractivity contribution in [3.63, 3.8) is 0 Å². The summed E-state index contributed by atoms with van der Waals surface area (Å²) in [5, 5.41) is 8.94. The van der Waals surface area contributed by atoms with Gasteiger partial charge < -0.3 is 5.11 Å². The first-order chi connectivity index (χ1) is 8.06. The molecule has 0 amide bonds. The third-order valence-corrected chi connectivity index (χ3v) is 2.76. The van der Waals surface area contributed by atoms with E-state index in [4.69, 9.17) is 5.11 Å². The molecule has 0 heterocycles. The highest BCUT2D eigenvalue weighted by Gasteiger charge is 2.07. The van der Waals surface area contributed by atoms with E-state index in [1.54, 1.807) is 18.2 Å². The summed E-state index contributed by atoms with van der Waals surface area (Å²) in [6.45, 7) is 0. The molecule has 0 unspecified atom stereocenters. The second-order valence-electron chi connectivity index (χ2n) is 3.54. The van der Waals surface area contributed by atoms with E-state index >= 15 is 0 Å². The summed E-state index contributed by atoms with van der Waals surface area (Å²) in [5.41, 5.74) is 1.48. The first-order valence-corrected chi connectivity index (χ1v) is 5.65. The molecule has 86 valence electrons. The number of benzene rings is 2. The van der Waals surface area contributed by atoms with Gasteiger partial charge in [-0.3, -0.25) is 0 Å². The number of rotatable bonds is 2. The van der Waals surface area contributed by atoms with Crippen molar-refractivity contribution in [1.29, 1.82) is 0 Å². The molecule has 0 radical (unpaired) electrons. The fraction of sp³-hybridized carbons (Fsp3) is 0. The number of carboxylic acids is 1. The Morgan fingerprint density at radius 1 is 1.12 bits per heavy atom. The van der Waals surface area contributed by atoms with Crippen LogP contribution in [-0.4, -0.2) is 11.1 Å². The van der Waals surface area contributed by atoms with Gasteiger partial charge in [0.25, 0.3) is 0 Å². The maximum Gasteiger partial charge on any atom is 0.335 e. The lowest BCUT2D eigenvalue weighted by atomic mass is 10.0. The Bertz CT molecular complexity index is 581. The van der Waals surface area contributed by atoms with E-state index < -0.39 is 5.97 Å². The number of aromatic carboxylic acids is 1. The standard InChI is InChI=1S/C13H8BrFO2/c14-11-5-9(4-10(6-11)13(16)17)8-2-1-3-12(15)7-8/h1-7H,(H,16,17). The number of halogens is 2. The molecule has 0 aliphatic heterocycles. The molecule has 2 rings (SSSR count). The Morgan fingerprint density at radius 2 is 1.88 bits per heavy atom. The second-order valence-corrected chi connectivity index (χ2v) is 4.46. The third-order valence-electron chi connectivity index (χ3n) is 2.30. The van der Waals surface area contributed by atoms with Crippen molar-refractivity contribution >= 4 is 21.9 Å². The van der Waals surface area contributed by atoms with Crippen LogP contribution in [0.3, 0.4) is 0 Å². The van der Waals surface area contributed by atoms with Crippen molar-refractivity contribution in [1.82, 2.24) is 0 Å². The van der Waals surface area contributed by atoms with E-state index in [-0.39, 0.29) is 11.4 Å². The monoisotopic (exact) mass is 294 g/mol. The summed E-state index contributed by atoms with van der Waals surface area (Å²) in [5.74, 6) is -1.36. The minimum atomic E-state index is -1.01. The van der Waals surface area contributed by atoms with Crippen molar-refractivity contribution in [3.8, 4) is 11.1 Å². The van der Waals surface area contributed by atoms with E-state index in [9.17, 15) is 9.18 Å². The van der Waals surface area contributed by atoms with Gasteiger partial charge in [0.05, 0.1) is 5.56 Å². The van der Waals surface area contributed by atoms with Crippen LogP contribution in [0.15, 0.2) is 46.9 Å². The van der Waals surface area contributed by atoms with Gasteiger partial charge in [-0.25, -0.2) is 9.18 Å². The minimum Gasteiger partial charge on any atom is -0.478 e. The van der Waals surface area contributed by atoms with Crippen LogP contribution in [0.1, 0.15) is 10.4 Å². The predicted molar refractivity (Wildman–Crippen MR) is 66.5 cm³/mol. The molecule has 0 atom stereocenters. The molecule has 4 heteroatoms. The van der Waals surface area contributed by atoms with Crippen LogP contribution in [0.4, 0.5) is 4.39 Å². The maximum absolute atomic E-state index is 13.1. The summed E-state index contributed by atoms with van der Waals surface area (Å²) in [7, 11) is 0. The average molecular weight is 295 g/mol. The van der Waals surface area contributed by atoms with Gasteiger partial charge in [-0.05, 0) is 41.5 Å². The Morgan fingerprint density at radius 3 is 2.53 bits per heavy atom. The van der Waals surface area contributed by atoms with Gasteiger partial charge in [0.15, 0.2) is 0 Å². The molecular weight excluding hydrogens is 287 g/mol. The minimum absolute atomic E-state index is 0.165. The van der Waals surface area contributed by atoms with Gasteiger partial charge in [-0.1, -0.05) is 28.1 Å². The molecule has 0 saturated heterocycles. The molecular formula is C13H8BrFO2. The van der Waals surface area contributed by atoms with Gasteiger partial charge in [0.2, 0.25) is 0 Å². The van der Waals surface area contributed by atoms with Gasteiger partial charge in [-0.15, -0.1) is 0 Å². The SMILES string of the molecule is O=C(O)c1cc(Br)cc(-c2cccc(F)c2)c1. The highest BCUT2D eigenvalue weighted by atomic mass is 79.9. The number of hydrogen-bond acceptors (Lipinski definition) is 1. The molecule has 17 heavy (non-hydrogen) atoms. The van der Waals surface area contributed by atoms with Crippen LogP contribution in [0.5, 0.6) is 0 Å². The molecule has 0 saturated carbocycles. The number of hydrogen-bond donors (Lipinski definition) is 1. The Kier molecular flexibility index (Phi) is 3.24. The lowest BCUT2D eigenvalue weighted by Crippen LogP contribution is -1.96. The van der Waals surface area contributed by atoms with Crippen LogP contribution in [0, 0.1) is 5.82 Å². The molecule has 0 bridgehead atoms. The highest BCUT2D eigenvalue weighted by Crippen LogP contribution is 2.25. The van der Waals surface area contributed by atoms with Gasteiger partial charge in [0, 0.05) is 4.47 Å². The molecule has 0 aliphatic rings. The zero-order valence-electron chi connectivity index (χ0n) is 8.65. The lowest BCUT2D eigenvalue weighted by molar-refractivity contribution is 0.0697. The van der Waals surface area contributed by atoms with Crippen LogP contribution in [-0.2, 0) is 0 Å². The van der Waals surface area contributed by atoms with Crippen molar-refractivity contribution in [3.05, 3.63) is 58.3 Å². The van der Waals surface area contributed by atoms with E-state index in [0.29, 0.717) is 15.6 Å². The van der Waals surface area contributed by atoms with Crippen molar-refractivity contribution in [2.24, 2.45) is 0 Å². The smallest absolute Gasteiger partial charge is 0.335 e. The molecule has 0 fully saturated rings. The van der Waals surface area contributed by atoms with E-state index in [0.717, 1.165) is 0 Å². The Balaban J connectivity index is 2.56. The number of carbonyl (C=O) groups is 1. The zero-order valence-corrected chi connectivity index (χ0v) is 10.2. The highest BCUT2D eigenvalue weighted by molar-refractivity contribution is 9.10. The van der Waals surface area contributed by atoms with Crippen molar-refractivity contribution in [2.75, 3.05) is 0 Å². The van der Waals surface area contributed by atoms with Gasteiger partial charge in [-0.2, -0.15) is 0 Å². The lowest BCUT2D eigenvalue weighted by Gasteiger charge is -2.04. The first-order valence-electron chi connectivity index (χ1n) is 4.86. The normalized spacial score (nSPS) is 10.2. The van der Waals surface area contributed by atoms with Gasteiger partial charge >= 0.3 is 5.97 Å². The largest absolute Gasteiger partial charge is 0.478 e. The fourth-order valence-electron chi connectivity index (χ4n) is 1.55. The van der Waals surface area contributed by atoms with Crippen molar-refractivity contribution in [2.45, 2.75) is 0 Å². The molecule has 0 aliphatic carbocycles. The first kappa shape index (κ1) is 11.8. The molecule has 1 N–H and O–H groups in total. The predicted octanol–water partition coefficient (Wildman–Crippen LogP) is 3.95. The fourth-order valence-corrected chi connectivity index (χ4v) is 2.04. The topological polar surface area (TPSA) is 37.3 Å². The summed E-state index contributed by atoms with van der Waals surface area (Å²) in [4.78, 5) is 10.9. The summed E-state index contributed by atoms with van der Waals surface area (Å²) in [6.07, 6.45) is 0. The number of carboxylic acid groups (broad SMARTS) is 1. The van der Waals surface area contributed by atoms with Gasteiger partial charge in [0.1, 0.15) is 5.82 Å². The quantitative estimate of drug-likeness (QED) is 0.910. The molecule has 2 nitrogen and oxygen atoms in total. The van der Waals surface area contributed by atoms with Crippen LogP contribution in [0.25, 0.3) is 11.1 Å². The van der Waals surface area contributed by atoms with Crippen molar-refractivity contribution < 1.29 is 14.3 Å². The van der Waals surface area contributed by atoms with Crippen LogP contribution >= 0.6 is 15.9 Å². The van der Waals surface area contributed by atoms with E-state index in [1.165, 1.54) is 24.3 Å². The van der Waals surface area contributed by atoms with E-state index in [2.05, 4.69) is 15.9 Å². The maximum atomic E-state index is 13.1. The second kappa shape index (κ2) is 4.67. The van der Waals surface area contributed by atoms with Crippen LogP contribution in [0.2, 0.25) is 0 Å². The summed E-state index contributed by atoms with van der Waals surface area (Å²) in [6, 6.07) is 10.8. The molecule has 0 aromatic heterocycles. The van der Waals surface area contributed by atoms with E-state index in [1.807, 2.05) is 0 Å². The average Bonchev–Trinajstić information content (AvgIpc) is 2.28. The molecule has 0 spiro atoms. The Hall–Kier alpha value is -1.68. The molecule has 2 aromatic rings.